The fourth-order valence-corrected chi connectivity index (χ4v) is 2.06. The molecule has 0 spiro atoms. The predicted octanol–water partition coefficient (Wildman–Crippen LogP) is 2.06. The van der Waals surface area contributed by atoms with Crippen molar-refractivity contribution in [2.75, 3.05) is 0 Å². The Morgan fingerprint density at radius 1 is 1.50 bits per heavy atom. The number of hydrogen-bond acceptors (Lipinski definition) is 4. The molecule has 20 heavy (non-hydrogen) atoms. The zero-order valence-corrected chi connectivity index (χ0v) is 11.4. The Morgan fingerprint density at radius 2 is 2.15 bits per heavy atom. The molecule has 0 aliphatic heterocycles. The summed E-state index contributed by atoms with van der Waals surface area (Å²) >= 11 is 5.59. The number of aromatic nitrogens is 3. The molecule has 0 aliphatic carbocycles. The van der Waals surface area contributed by atoms with E-state index in [2.05, 4.69) is 5.10 Å². The van der Waals surface area contributed by atoms with Crippen LogP contribution in [0.25, 0.3) is 5.69 Å². The molecule has 0 unspecified atom stereocenters. The van der Waals surface area contributed by atoms with Gasteiger partial charge in [-0.1, -0.05) is 11.6 Å². The highest BCUT2D eigenvalue weighted by molar-refractivity contribution is 6.32. The molecule has 7 nitrogen and oxygen atoms in total. The summed E-state index contributed by atoms with van der Waals surface area (Å²) in [5, 5.41) is 14.4. The zero-order valence-electron chi connectivity index (χ0n) is 10.6. The lowest BCUT2D eigenvalue weighted by Crippen LogP contribution is -2.24. The fraction of sp³-hybridized carbons (Fsp3) is 0.273. The Hall–Kier alpha value is -2.22. The van der Waals surface area contributed by atoms with Crippen LogP contribution < -0.4 is 5.69 Å². The average molecular weight is 301 g/mol. The molecule has 0 saturated carbocycles. The Bertz CT molecular complexity index is 753. The molecule has 0 bridgehead atoms. The van der Waals surface area contributed by atoms with Gasteiger partial charge in [0.2, 0.25) is 0 Å². The van der Waals surface area contributed by atoms with Crippen LogP contribution in [0.4, 0.5) is 10.1 Å². The highest BCUT2D eigenvalue weighted by atomic mass is 35.5. The highest BCUT2D eigenvalue weighted by Gasteiger charge is 2.21. The van der Waals surface area contributed by atoms with Crippen LogP contribution >= 0.6 is 11.6 Å². The Morgan fingerprint density at radius 3 is 2.65 bits per heavy atom. The van der Waals surface area contributed by atoms with Crippen LogP contribution in [-0.2, 0) is 6.54 Å². The molecule has 1 aromatic carbocycles. The van der Waals surface area contributed by atoms with Gasteiger partial charge in [0, 0.05) is 18.7 Å². The summed E-state index contributed by atoms with van der Waals surface area (Å²) in [4.78, 5) is 22.1. The molecule has 2 rings (SSSR count). The molecule has 0 aliphatic rings. The van der Waals surface area contributed by atoms with Gasteiger partial charge in [0.25, 0.3) is 5.69 Å². The maximum Gasteiger partial charge on any atom is 0.350 e. The van der Waals surface area contributed by atoms with Gasteiger partial charge in [-0.05, 0) is 13.8 Å². The number of halogens is 2. The zero-order chi connectivity index (χ0) is 15.0. The molecule has 106 valence electrons. The van der Waals surface area contributed by atoms with Crippen molar-refractivity contribution in [3.63, 3.8) is 0 Å². The lowest BCUT2D eigenvalue weighted by Gasteiger charge is -2.03. The molecule has 0 fully saturated rings. The van der Waals surface area contributed by atoms with Gasteiger partial charge < -0.3 is 0 Å². The number of nitro groups is 1. The molecule has 9 heteroatoms. The summed E-state index contributed by atoms with van der Waals surface area (Å²) in [5.41, 5.74) is -1.36. The number of nitro benzene ring substituents is 1. The molecule has 1 aromatic heterocycles. The van der Waals surface area contributed by atoms with Crippen LogP contribution in [0.2, 0.25) is 5.02 Å². The second kappa shape index (κ2) is 5.04. The molecule has 0 N–H and O–H groups in total. The molecule has 0 saturated heterocycles. The Kier molecular flexibility index (Phi) is 3.58. The minimum atomic E-state index is -0.858. The van der Waals surface area contributed by atoms with E-state index in [1.165, 1.54) is 4.57 Å². The first-order valence-corrected chi connectivity index (χ1v) is 6.04. The number of nitrogens with zero attached hydrogens (tertiary/aromatic N) is 4. The van der Waals surface area contributed by atoms with E-state index in [1.54, 1.807) is 13.8 Å². The minimum Gasteiger partial charge on any atom is -0.279 e. The normalized spacial score (nSPS) is 10.8. The van der Waals surface area contributed by atoms with Crippen molar-refractivity contribution in [1.29, 1.82) is 0 Å². The molecule has 0 atom stereocenters. The smallest absolute Gasteiger partial charge is 0.279 e. The third-order valence-electron chi connectivity index (χ3n) is 2.80. The van der Waals surface area contributed by atoms with Crippen molar-refractivity contribution in [1.82, 2.24) is 14.3 Å². The van der Waals surface area contributed by atoms with Crippen LogP contribution in [0.5, 0.6) is 0 Å². The topological polar surface area (TPSA) is 83.0 Å². The van der Waals surface area contributed by atoms with Crippen LogP contribution in [0, 0.1) is 22.9 Å². The number of rotatable bonds is 3. The van der Waals surface area contributed by atoms with E-state index < -0.39 is 22.1 Å². The van der Waals surface area contributed by atoms with Crippen LogP contribution in [-0.4, -0.2) is 19.3 Å². The lowest BCUT2D eigenvalue weighted by atomic mass is 10.2. The maximum absolute atomic E-state index is 13.9. The summed E-state index contributed by atoms with van der Waals surface area (Å²) in [6.07, 6.45) is 0. The number of aryl methyl sites for hydroxylation is 1. The first kappa shape index (κ1) is 14.2. The lowest BCUT2D eigenvalue weighted by molar-refractivity contribution is -0.384. The largest absolute Gasteiger partial charge is 0.350 e. The molecule has 0 radical (unpaired) electrons. The summed E-state index contributed by atoms with van der Waals surface area (Å²) in [7, 11) is 0. The SMILES string of the molecule is CCn1c(C)nn(-c2cc([N+](=O)[O-])c(Cl)cc2F)c1=O. The van der Waals surface area contributed by atoms with Crippen molar-refractivity contribution in [2.45, 2.75) is 20.4 Å². The third kappa shape index (κ3) is 2.18. The first-order chi connectivity index (χ1) is 9.36. The highest BCUT2D eigenvalue weighted by Crippen LogP contribution is 2.28. The van der Waals surface area contributed by atoms with Crippen molar-refractivity contribution in [3.8, 4) is 5.69 Å². The second-order valence-electron chi connectivity index (χ2n) is 4.00. The Labute approximate surface area is 117 Å². The van der Waals surface area contributed by atoms with Crippen LogP contribution in [0.15, 0.2) is 16.9 Å². The Balaban J connectivity index is 2.73. The van der Waals surface area contributed by atoms with Crippen LogP contribution in [0.1, 0.15) is 12.7 Å². The summed E-state index contributed by atoms with van der Waals surface area (Å²) in [6.45, 7) is 3.69. The van der Waals surface area contributed by atoms with E-state index in [-0.39, 0.29) is 10.7 Å². The first-order valence-electron chi connectivity index (χ1n) is 5.67. The van der Waals surface area contributed by atoms with Gasteiger partial charge in [0.1, 0.15) is 16.5 Å². The van der Waals surface area contributed by atoms with E-state index in [0.29, 0.717) is 12.4 Å². The van der Waals surface area contributed by atoms with Crippen molar-refractivity contribution in [3.05, 3.63) is 49.4 Å². The predicted molar refractivity (Wildman–Crippen MR) is 69.9 cm³/mol. The fourth-order valence-electron chi connectivity index (χ4n) is 1.84. The summed E-state index contributed by atoms with van der Waals surface area (Å²) in [6, 6.07) is 1.69. The number of hydrogen-bond donors (Lipinski definition) is 0. The molecule has 2 aromatic rings. The molecule has 0 amide bonds. The van der Waals surface area contributed by atoms with E-state index >= 15 is 0 Å². The summed E-state index contributed by atoms with van der Waals surface area (Å²) < 4.78 is 16.0. The second-order valence-corrected chi connectivity index (χ2v) is 4.41. The third-order valence-corrected chi connectivity index (χ3v) is 3.11. The molecule has 1 heterocycles. The van der Waals surface area contributed by atoms with Gasteiger partial charge in [-0.2, -0.15) is 9.78 Å². The standard InChI is InChI=1S/C11H10ClFN4O3/c1-3-15-6(2)14-16(11(15)18)10-5-9(17(19)20)7(12)4-8(10)13/h4-5H,3H2,1-2H3. The quantitative estimate of drug-likeness (QED) is 0.641. The average Bonchev–Trinajstić information content (AvgIpc) is 2.64. The van der Waals surface area contributed by atoms with E-state index in [0.717, 1.165) is 16.8 Å². The van der Waals surface area contributed by atoms with Gasteiger partial charge in [-0.25, -0.2) is 9.18 Å². The molecular formula is C11H10ClFN4O3. The van der Waals surface area contributed by atoms with Crippen LogP contribution in [0.3, 0.4) is 0 Å². The minimum absolute atomic E-state index is 0.304. The van der Waals surface area contributed by atoms with Crippen molar-refractivity contribution >= 4 is 17.3 Å². The molecular weight excluding hydrogens is 291 g/mol. The van der Waals surface area contributed by atoms with Gasteiger partial charge in [-0.3, -0.25) is 14.7 Å². The van der Waals surface area contributed by atoms with Gasteiger partial charge in [-0.15, -0.1) is 0 Å². The summed E-state index contributed by atoms with van der Waals surface area (Å²) in [5.74, 6) is -0.474. The van der Waals surface area contributed by atoms with E-state index in [9.17, 15) is 19.3 Å². The van der Waals surface area contributed by atoms with Crippen molar-refractivity contribution < 1.29 is 9.31 Å². The van der Waals surface area contributed by atoms with Gasteiger partial charge in [0.15, 0.2) is 5.82 Å². The van der Waals surface area contributed by atoms with E-state index in [1.807, 2.05) is 0 Å². The van der Waals surface area contributed by atoms with E-state index in [4.69, 9.17) is 11.6 Å². The van der Waals surface area contributed by atoms with Crippen molar-refractivity contribution in [2.24, 2.45) is 0 Å². The number of benzene rings is 1. The monoisotopic (exact) mass is 300 g/mol. The maximum atomic E-state index is 13.9. The van der Waals surface area contributed by atoms with Gasteiger partial charge >= 0.3 is 5.69 Å². The van der Waals surface area contributed by atoms with Gasteiger partial charge in [0.05, 0.1) is 4.92 Å².